The molecule has 8 aliphatic heterocycles. The number of nitrogens with one attached hydrogen (secondary N) is 5. The topological polar surface area (TPSA) is 190 Å². The van der Waals surface area contributed by atoms with E-state index in [2.05, 4.69) is 350 Å². The van der Waals surface area contributed by atoms with Crippen LogP contribution < -0.4 is 52.6 Å². The summed E-state index contributed by atoms with van der Waals surface area (Å²) in [5.41, 5.74) is 35.7. The highest BCUT2D eigenvalue weighted by molar-refractivity contribution is 7.89. The van der Waals surface area contributed by atoms with Crippen LogP contribution in [0.1, 0.15) is 166 Å². The minimum absolute atomic E-state index is 0.170. The molecular weight excluding hydrogens is 1760 g/mol. The summed E-state index contributed by atoms with van der Waals surface area (Å²) >= 11 is 0. The van der Waals surface area contributed by atoms with Gasteiger partial charge in [0.05, 0.1) is 28.2 Å². The Morgan fingerprint density at radius 2 is 0.459 bits per heavy atom. The van der Waals surface area contributed by atoms with Crippen molar-refractivity contribution in [1.82, 2.24) is 0 Å². The van der Waals surface area contributed by atoms with Crippen LogP contribution in [-0.2, 0) is 33.2 Å². The highest BCUT2D eigenvalue weighted by Gasteiger charge is 2.70. The van der Waals surface area contributed by atoms with Crippen molar-refractivity contribution in [3.63, 3.8) is 0 Å². The average Bonchev–Trinajstić information content (AvgIpc) is 1.62. The fourth-order valence-electron chi connectivity index (χ4n) is 22.3. The van der Waals surface area contributed by atoms with Gasteiger partial charge in [0.15, 0.2) is 41.9 Å². The second-order valence-electron chi connectivity index (χ2n) is 39.2. The Bertz CT molecular complexity index is 6380. The summed E-state index contributed by atoms with van der Waals surface area (Å²) in [6, 6.07) is 111. The number of hydrogen-bond donors (Lipinski definition) is 5. The van der Waals surface area contributed by atoms with E-state index in [4.69, 9.17) is 54.2 Å². The van der Waals surface area contributed by atoms with Gasteiger partial charge in [0.1, 0.15) is 0 Å². The van der Waals surface area contributed by atoms with Crippen LogP contribution in [0, 0.1) is 96.9 Å². The molecule has 3 unspecified atom stereocenters. The first-order valence-electron chi connectivity index (χ1n) is 46.0. The molecule has 3 atom stereocenters. The number of rotatable bonds is 8. The molecule has 133 heavy (non-hydrogen) atoms. The van der Waals surface area contributed by atoms with E-state index in [1.165, 1.54) is 128 Å². The van der Waals surface area contributed by atoms with Gasteiger partial charge in [-0.3, -0.25) is 0 Å². The third kappa shape index (κ3) is 15.8. The number of aryl methyl sites for hydroxylation is 14. The van der Waals surface area contributed by atoms with Crippen LogP contribution in [0.3, 0.4) is 0 Å². The average molecular weight is 1870 g/mol. The summed E-state index contributed by atoms with van der Waals surface area (Å²) in [5.74, 6) is 3.36. The molecule has 4 bridgehead atoms. The van der Waals surface area contributed by atoms with Gasteiger partial charge in [0.25, 0.3) is 15.0 Å². The maximum Gasteiger partial charge on any atom is 0.461 e. The van der Waals surface area contributed by atoms with Crippen LogP contribution in [0.25, 0.3) is 0 Å². The fourth-order valence-corrected chi connectivity index (χ4v) is 43.7. The Labute approximate surface area is 782 Å². The van der Waals surface area contributed by atoms with Gasteiger partial charge in [-0.25, -0.2) is 0 Å². The zero-order chi connectivity index (χ0) is 91.5. The molecule has 4 fully saturated rings. The predicted molar refractivity (Wildman–Crippen MR) is 552 cm³/mol. The van der Waals surface area contributed by atoms with Crippen molar-refractivity contribution in [2.75, 3.05) is 25.4 Å². The Morgan fingerprint density at radius 3 is 0.767 bits per heavy atom. The zero-order valence-electron chi connectivity index (χ0n) is 77.6. The molecular formula is C110H111N11O6P6. The summed E-state index contributed by atoms with van der Waals surface area (Å²) in [6.45, 7) is 29.7. The van der Waals surface area contributed by atoms with Crippen LogP contribution in [0.2, 0.25) is 0 Å². The van der Waals surface area contributed by atoms with Gasteiger partial charge in [0, 0.05) is 11.8 Å². The van der Waals surface area contributed by atoms with Crippen molar-refractivity contribution < 1.29 is 27.1 Å². The van der Waals surface area contributed by atoms with Crippen LogP contribution >= 0.6 is 45.3 Å². The molecule has 6 spiro atoms. The van der Waals surface area contributed by atoms with E-state index in [1.807, 2.05) is 75.4 Å². The number of benzene rings is 14. The first-order valence-corrected chi connectivity index (χ1v) is 55.9. The van der Waals surface area contributed by atoms with Crippen LogP contribution in [0.15, 0.2) is 330 Å². The summed E-state index contributed by atoms with van der Waals surface area (Å²) in [6.07, 6.45) is 8.35. The minimum Gasteiger partial charge on any atom is -0.409 e. The van der Waals surface area contributed by atoms with E-state index in [0.29, 0.717) is 34.5 Å². The third-order valence-electron chi connectivity index (χ3n) is 28.2. The SMILES string of the molecule is Cc1ccc(C(c2ccc(C)cc2)(c2ccc(C)cc2)c2ccc(C)cc2)cc1.Cc1ccc(C23CC4(c5ccc(C)cc5)CC(c5ccc(C)cc5)(C2)CC(c2ccc(C)cc2)(C3)C4)cc1.Cc1ccc2c(c1)NP1(=NP3(=NP4(=N1)Nc1ccc(C)cc1N4)Nc1ccc(C)cc1N3)C2.Cc1ccc2c(c1)OP1(=NP3(=NP4(=N1)Oc1ccc(C)cc1O4)Oc1ccc(C)cc1O3)O2. The zero-order valence-corrected chi connectivity index (χ0v) is 83.0. The lowest BCUT2D eigenvalue weighted by atomic mass is 9.32. The molecule has 5 N–H and O–H groups in total. The maximum atomic E-state index is 6.27. The van der Waals surface area contributed by atoms with Crippen molar-refractivity contribution in [2.24, 2.45) is 27.1 Å². The Balaban J connectivity index is 0.000000104. The van der Waals surface area contributed by atoms with E-state index in [-0.39, 0.29) is 27.1 Å². The summed E-state index contributed by atoms with van der Waals surface area (Å²) < 4.78 is 68.2. The molecule has 8 heterocycles. The van der Waals surface area contributed by atoms with Gasteiger partial charge in [0.2, 0.25) is 0 Å². The van der Waals surface area contributed by atoms with Crippen molar-refractivity contribution in [3.05, 3.63) is 431 Å². The predicted octanol–water partition coefficient (Wildman–Crippen LogP) is 33.4. The van der Waals surface area contributed by atoms with Gasteiger partial charge in [-0.15, -0.1) is 0 Å². The summed E-state index contributed by atoms with van der Waals surface area (Å²) in [7, 11) is -17.2. The molecule has 4 saturated carbocycles. The van der Waals surface area contributed by atoms with E-state index in [9.17, 15) is 0 Å². The van der Waals surface area contributed by atoms with E-state index in [1.54, 1.807) is 22.3 Å². The molecule has 0 amide bonds. The molecule has 17 nitrogen and oxygen atoms in total. The highest BCUT2D eigenvalue weighted by atomic mass is 31.3. The van der Waals surface area contributed by atoms with Gasteiger partial charge < -0.3 is 52.6 Å². The molecule has 0 aromatic heterocycles. The normalized spacial score (nSPS) is 26.0. The first kappa shape index (κ1) is 86.7. The van der Waals surface area contributed by atoms with Gasteiger partial charge >= 0.3 is 23.0 Å². The maximum absolute atomic E-state index is 6.27. The molecule has 14 aromatic carbocycles. The largest absolute Gasteiger partial charge is 0.461 e. The lowest BCUT2D eigenvalue weighted by Gasteiger charge is -2.71. The second-order valence-corrected chi connectivity index (χ2v) is 52.8. The number of anilines is 5. The number of nitrogens with zero attached hydrogens (tertiary/aromatic N) is 6. The van der Waals surface area contributed by atoms with E-state index in [0.717, 1.165) is 51.3 Å². The van der Waals surface area contributed by atoms with E-state index < -0.39 is 45.3 Å². The second kappa shape index (κ2) is 32.3. The Hall–Kier alpha value is -11.7. The Kier molecular flexibility index (Phi) is 21.0. The monoisotopic (exact) mass is 1870 g/mol. The Morgan fingerprint density at radius 1 is 0.218 bits per heavy atom. The molecule has 14 aromatic rings. The van der Waals surface area contributed by atoms with Crippen molar-refractivity contribution >= 4 is 73.8 Å². The first-order chi connectivity index (χ1) is 63.9. The lowest BCUT2D eigenvalue weighted by molar-refractivity contribution is -0.0691. The molecule has 26 rings (SSSR count). The van der Waals surface area contributed by atoms with Gasteiger partial charge in [-0.2, -0.15) is 13.5 Å². The van der Waals surface area contributed by atoms with Crippen LogP contribution in [0.4, 0.5) is 28.4 Å². The highest BCUT2D eigenvalue weighted by Crippen LogP contribution is 2.85. The van der Waals surface area contributed by atoms with Crippen molar-refractivity contribution in [1.29, 1.82) is 0 Å². The summed E-state index contributed by atoms with van der Waals surface area (Å²) in [5, 5.41) is 18.6. The van der Waals surface area contributed by atoms with Gasteiger partial charge in [-0.1, -0.05) is 295 Å². The molecule has 672 valence electrons. The standard InChI is InChI=1S/C38H40.C29H28.C22H25N8P3.C21H18N3O6P3/c1-27-5-13-31(14-6-27)35-21-36(32-15-7-28(2)8-16-32)24-37(22-35,33-17-9-29(3)10-18-33)26-38(23-35,25-36)34-19-11-30(4)12-20-34;1-21-5-13-25(14-6-21)29(26-15-7-22(2)8-16-26,27-17-9-23(3)10-18-27)28-19-11-24(4)12-20-28;1-14-4-7-17-13-31(23-20(17)10-14)28-32(24-18-8-5-15(2)11-21(18)26-32)30-33(29-31)25-19-9-6-16(3)12-22(19)27-33;1-13-4-7-16-19(10-13)28-31(25-16)22-32(26-17-8-5-14(2)11-20(17)29-32)24-33(23-31)27-18-9-6-15(3)12-21(18)30-33/h5-20H,21-26H2,1-4H3;5-20H,1-4H3;4-12,23-27H,13H2,1-3H3;4-12H,1-3H3. The lowest BCUT2D eigenvalue weighted by Crippen LogP contribution is -2.67. The molecule has 4 aliphatic carbocycles. The number of hydrogen-bond acceptors (Lipinski definition) is 17. The summed E-state index contributed by atoms with van der Waals surface area (Å²) in [4.78, 5) is 0. The van der Waals surface area contributed by atoms with Crippen molar-refractivity contribution in [2.45, 2.75) is 169 Å². The molecule has 0 radical (unpaired) electrons. The van der Waals surface area contributed by atoms with Gasteiger partial charge in [-0.05, 0) is 307 Å². The van der Waals surface area contributed by atoms with Crippen LogP contribution in [-0.4, -0.2) is 0 Å². The molecule has 12 aliphatic rings. The fraction of sp³-hybridized carbons (Fsp3) is 0.236. The molecule has 0 saturated heterocycles. The van der Waals surface area contributed by atoms with E-state index >= 15 is 0 Å². The van der Waals surface area contributed by atoms with Crippen molar-refractivity contribution in [3.8, 4) is 34.5 Å². The minimum atomic E-state index is -3.30. The number of fused-ring (bicyclic) bond motifs is 6. The quantitative estimate of drug-likeness (QED) is 0.0719. The molecule has 23 heteroatoms. The third-order valence-corrected chi connectivity index (χ3v) is 46.3. The smallest absolute Gasteiger partial charge is 0.409 e. The van der Waals surface area contributed by atoms with Crippen LogP contribution in [0.5, 0.6) is 34.5 Å².